The molecular weight excluding hydrogens is 264 g/mol. The Morgan fingerprint density at radius 2 is 1.90 bits per heavy atom. The molecular formula is C17H28N2O2. The molecule has 4 heteroatoms. The number of nitrogens with zero attached hydrogens (tertiary/aromatic N) is 1. The summed E-state index contributed by atoms with van der Waals surface area (Å²) in [5.41, 5.74) is 0.464. The predicted octanol–water partition coefficient (Wildman–Crippen LogP) is 2.08. The molecule has 3 aliphatic heterocycles. The number of rotatable bonds is 2. The van der Waals surface area contributed by atoms with Crippen molar-refractivity contribution in [1.82, 2.24) is 10.2 Å². The molecule has 3 heterocycles. The second kappa shape index (κ2) is 5.24. The highest BCUT2D eigenvalue weighted by Gasteiger charge is 2.47. The van der Waals surface area contributed by atoms with Crippen LogP contribution in [0.2, 0.25) is 0 Å². The van der Waals surface area contributed by atoms with E-state index >= 15 is 0 Å². The zero-order valence-corrected chi connectivity index (χ0v) is 13.0. The van der Waals surface area contributed by atoms with Crippen molar-refractivity contribution in [2.75, 3.05) is 26.2 Å². The smallest absolute Gasteiger partial charge is 0.223 e. The van der Waals surface area contributed by atoms with Gasteiger partial charge in [0, 0.05) is 19.5 Å². The van der Waals surface area contributed by atoms with Crippen LogP contribution in [0.5, 0.6) is 0 Å². The van der Waals surface area contributed by atoms with Crippen molar-refractivity contribution in [3.8, 4) is 0 Å². The summed E-state index contributed by atoms with van der Waals surface area (Å²) in [6, 6.07) is 0. The molecule has 0 bridgehead atoms. The molecule has 0 aromatic heterocycles. The molecule has 4 rings (SSSR count). The van der Waals surface area contributed by atoms with Gasteiger partial charge in [0.25, 0.3) is 0 Å². The fourth-order valence-electron chi connectivity index (χ4n) is 5.10. The average molecular weight is 292 g/mol. The molecule has 4 aliphatic rings. The number of nitrogens with one attached hydrogen (secondary N) is 1. The highest BCUT2D eigenvalue weighted by Crippen LogP contribution is 2.44. The van der Waals surface area contributed by atoms with E-state index in [2.05, 4.69) is 10.2 Å². The third-order valence-corrected chi connectivity index (χ3v) is 6.35. The summed E-state index contributed by atoms with van der Waals surface area (Å²) in [5, 5.41) is 3.42. The Balaban J connectivity index is 1.36. The van der Waals surface area contributed by atoms with Gasteiger partial charge in [-0.05, 0) is 57.0 Å². The number of amides is 1. The molecule has 1 aliphatic carbocycles. The summed E-state index contributed by atoms with van der Waals surface area (Å²) < 4.78 is 6.39. The van der Waals surface area contributed by atoms with Crippen LogP contribution in [0, 0.1) is 5.41 Å². The number of ether oxygens (including phenoxy) is 1. The number of carbonyl (C=O) groups is 1. The lowest BCUT2D eigenvalue weighted by Crippen LogP contribution is -2.40. The molecule has 21 heavy (non-hydrogen) atoms. The summed E-state index contributed by atoms with van der Waals surface area (Å²) >= 11 is 0. The van der Waals surface area contributed by atoms with Crippen LogP contribution in [0.15, 0.2) is 0 Å². The molecule has 2 spiro atoms. The van der Waals surface area contributed by atoms with E-state index in [-0.39, 0.29) is 11.0 Å². The number of carbonyl (C=O) groups excluding carboxylic acids is 1. The summed E-state index contributed by atoms with van der Waals surface area (Å²) in [7, 11) is 0. The molecule has 0 aromatic rings. The Labute approximate surface area is 127 Å². The van der Waals surface area contributed by atoms with Crippen LogP contribution < -0.4 is 5.32 Å². The number of likely N-dealkylation sites (tertiary alicyclic amines) is 1. The Bertz CT molecular complexity index is 411. The van der Waals surface area contributed by atoms with Gasteiger partial charge in [0.1, 0.15) is 0 Å². The van der Waals surface area contributed by atoms with Gasteiger partial charge in [-0.2, -0.15) is 0 Å². The average Bonchev–Trinajstić information content (AvgIpc) is 3.16. The van der Waals surface area contributed by atoms with Gasteiger partial charge in [0.2, 0.25) is 5.91 Å². The van der Waals surface area contributed by atoms with Crippen molar-refractivity contribution < 1.29 is 9.53 Å². The Morgan fingerprint density at radius 1 is 1.14 bits per heavy atom. The van der Waals surface area contributed by atoms with Crippen molar-refractivity contribution in [1.29, 1.82) is 0 Å². The minimum absolute atomic E-state index is 0.194. The fraction of sp³-hybridized carbons (Fsp3) is 0.941. The summed E-state index contributed by atoms with van der Waals surface area (Å²) in [5.74, 6) is 0.368. The van der Waals surface area contributed by atoms with Gasteiger partial charge in [-0.3, -0.25) is 4.79 Å². The van der Waals surface area contributed by atoms with E-state index in [4.69, 9.17) is 4.74 Å². The van der Waals surface area contributed by atoms with Gasteiger partial charge in [-0.25, -0.2) is 0 Å². The third-order valence-electron chi connectivity index (χ3n) is 6.35. The minimum Gasteiger partial charge on any atom is -0.370 e. The Kier molecular flexibility index (Phi) is 3.49. The molecule has 1 saturated carbocycles. The van der Waals surface area contributed by atoms with Gasteiger partial charge in [0.05, 0.1) is 11.7 Å². The summed E-state index contributed by atoms with van der Waals surface area (Å²) in [6.07, 6.45) is 10.9. The van der Waals surface area contributed by atoms with Gasteiger partial charge >= 0.3 is 0 Å². The van der Waals surface area contributed by atoms with E-state index in [9.17, 15) is 4.79 Å². The third kappa shape index (κ3) is 2.61. The molecule has 0 radical (unpaired) electrons. The monoisotopic (exact) mass is 292 g/mol. The molecule has 1 atom stereocenters. The van der Waals surface area contributed by atoms with Gasteiger partial charge in [-0.1, -0.05) is 12.8 Å². The molecule has 118 valence electrons. The van der Waals surface area contributed by atoms with Crippen molar-refractivity contribution in [2.45, 2.75) is 69.5 Å². The maximum absolute atomic E-state index is 12.4. The SMILES string of the molecule is O=C1CC2(CCNCC2)CN1CC1CCC2(CCCC2)O1. The maximum atomic E-state index is 12.4. The maximum Gasteiger partial charge on any atom is 0.223 e. The second-order valence-corrected chi connectivity index (χ2v) is 7.87. The molecule has 1 unspecified atom stereocenters. The molecule has 4 nitrogen and oxygen atoms in total. The van der Waals surface area contributed by atoms with Crippen LogP contribution in [0.1, 0.15) is 57.8 Å². The normalized spacial score (nSPS) is 34.4. The molecule has 0 aromatic carbocycles. The number of hydrogen-bond acceptors (Lipinski definition) is 3. The number of piperidine rings is 1. The highest BCUT2D eigenvalue weighted by atomic mass is 16.5. The summed E-state index contributed by atoms with van der Waals surface area (Å²) in [4.78, 5) is 14.5. The second-order valence-electron chi connectivity index (χ2n) is 7.87. The fourth-order valence-corrected chi connectivity index (χ4v) is 5.10. The minimum atomic E-state index is 0.194. The van der Waals surface area contributed by atoms with Crippen LogP contribution in [0.25, 0.3) is 0 Å². The van der Waals surface area contributed by atoms with E-state index in [1.807, 2.05) is 0 Å². The first kappa shape index (κ1) is 14.0. The van der Waals surface area contributed by atoms with Crippen molar-refractivity contribution in [2.24, 2.45) is 5.41 Å². The zero-order valence-electron chi connectivity index (χ0n) is 13.0. The highest BCUT2D eigenvalue weighted by molar-refractivity contribution is 5.79. The van der Waals surface area contributed by atoms with E-state index in [0.29, 0.717) is 12.0 Å². The van der Waals surface area contributed by atoms with Crippen molar-refractivity contribution in [3.05, 3.63) is 0 Å². The topological polar surface area (TPSA) is 41.6 Å². The molecule has 1 amide bonds. The molecule has 3 saturated heterocycles. The van der Waals surface area contributed by atoms with E-state index in [1.165, 1.54) is 32.1 Å². The molecule has 1 N–H and O–H groups in total. The zero-order chi connectivity index (χ0) is 14.3. The lowest BCUT2D eigenvalue weighted by atomic mass is 9.78. The van der Waals surface area contributed by atoms with Crippen LogP contribution in [-0.4, -0.2) is 48.7 Å². The van der Waals surface area contributed by atoms with Crippen LogP contribution >= 0.6 is 0 Å². The van der Waals surface area contributed by atoms with Crippen LogP contribution in [0.4, 0.5) is 0 Å². The van der Waals surface area contributed by atoms with Gasteiger partial charge in [0.15, 0.2) is 0 Å². The van der Waals surface area contributed by atoms with Crippen LogP contribution in [0.3, 0.4) is 0 Å². The standard InChI is InChI=1S/C17H28N2O2/c20-15-11-16(7-9-18-10-8-16)13-19(15)12-14-3-6-17(21-14)4-1-2-5-17/h14,18H,1-13H2. The van der Waals surface area contributed by atoms with E-state index in [0.717, 1.165) is 51.9 Å². The quantitative estimate of drug-likeness (QED) is 0.847. The van der Waals surface area contributed by atoms with Crippen molar-refractivity contribution >= 4 is 5.91 Å². The lowest BCUT2D eigenvalue weighted by molar-refractivity contribution is -0.130. The first-order valence-corrected chi connectivity index (χ1v) is 8.85. The summed E-state index contributed by atoms with van der Waals surface area (Å²) in [6.45, 7) is 3.96. The van der Waals surface area contributed by atoms with Crippen molar-refractivity contribution in [3.63, 3.8) is 0 Å². The van der Waals surface area contributed by atoms with Crippen LogP contribution in [-0.2, 0) is 9.53 Å². The van der Waals surface area contributed by atoms with E-state index < -0.39 is 0 Å². The largest absolute Gasteiger partial charge is 0.370 e. The van der Waals surface area contributed by atoms with E-state index in [1.54, 1.807) is 0 Å². The number of hydrogen-bond donors (Lipinski definition) is 1. The lowest BCUT2D eigenvalue weighted by Gasteiger charge is -2.33. The first-order chi connectivity index (χ1) is 10.2. The van der Waals surface area contributed by atoms with Gasteiger partial charge < -0.3 is 15.0 Å². The predicted molar refractivity (Wildman–Crippen MR) is 81.0 cm³/mol. The Morgan fingerprint density at radius 3 is 2.67 bits per heavy atom. The molecule has 4 fully saturated rings. The van der Waals surface area contributed by atoms with Gasteiger partial charge in [-0.15, -0.1) is 0 Å². The first-order valence-electron chi connectivity index (χ1n) is 8.85. The Hall–Kier alpha value is -0.610.